The first-order valence-electron chi connectivity index (χ1n) is 7.48. The summed E-state index contributed by atoms with van der Waals surface area (Å²) in [5, 5.41) is 0. The minimum Gasteiger partial charge on any atom is -0.303 e. The molecule has 0 amide bonds. The lowest BCUT2D eigenvalue weighted by Gasteiger charge is -2.36. The van der Waals surface area contributed by atoms with Gasteiger partial charge in [0, 0.05) is 6.54 Å². The van der Waals surface area contributed by atoms with E-state index < -0.39 is 0 Å². The highest BCUT2D eigenvalue weighted by atomic mass is 15.1. The second-order valence-electron chi connectivity index (χ2n) is 6.39. The van der Waals surface area contributed by atoms with Crippen LogP contribution < -0.4 is 0 Å². The molecule has 0 unspecified atom stereocenters. The molecule has 0 radical (unpaired) electrons. The maximum atomic E-state index is 2.74. The van der Waals surface area contributed by atoms with Crippen LogP contribution in [0.2, 0.25) is 0 Å². The van der Waals surface area contributed by atoms with Crippen LogP contribution in [0.3, 0.4) is 0 Å². The van der Waals surface area contributed by atoms with Gasteiger partial charge in [-0.1, -0.05) is 33.1 Å². The van der Waals surface area contributed by atoms with E-state index in [1.807, 2.05) is 0 Å². The summed E-state index contributed by atoms with van der Waals surface area (Å²) in [5.41, 5.74) is 0. The Bertz CT molecular complexity index is 186. The average molecular weight is 223 g/mol. The lowest BCUT2D eigenvalue weighted by atomic mass is 9.85. The molecule has 0 bridgehead atoms. The van der Waals surface area contributed by atoms with Crippen LogP contribution in [-0.4, -0.2) is 24.5 Å². The van der Waals surface area contributed by atoms with Gasteiger partial charge in [-0.2, -0.15) is 0 Å². The number of nitrogens with zero attached hydrogens (tertiary/aromatic N) is 1. The van der Waals surface area contributed by atoms with Crippen molar-refractivity contribution < 1.29 is 0 Å². The van der Waals surface area contributed by atoms with E-state index in [1.165, 1.54) is 64.6 Å². The smallest absolute Gasteiger partial charge is 0.000966 e. The van der Waals surface area contributed by atoms with Crippen LogP contribution in [0.1, 0.15) is 58.8 Å². The van der Waals surface area contributed by atoms with Crippen molar-refractivity contribution in [2.75, 3.05) is 19.6 Å². The first-order valence-corrected chi connectivity index (χ1v) is 7.48. The van der Waals surface area contributed by atoms with Gasteiger partial charge in [-0.05, 0) is 56.5 Å². The molecule has 1 nitrogen and oxygen atoms in total. The quantitative estimate of drug-likeness (QED) is 0.700. The van der Waals surface area contributed by atoms with Gasteiger partial charge in [-0.15, -0.1) is 0 Å². The van der Waals surface area contributed by atoms with Crippen LogP contribution in [0.15, 0.2) is 0 Å². The van der Waals surface area contributed by atoms with E-state index in [0.717, 1.165) is 17.8 Å². The molecule has 16 heavy (non-hydrogen) atoms. The largest absolute Gasteiger partial charge is 0.303 e. The van der Waals surface area contributed by atoms with Crippen molar-refractivity contribution in [3.63, 3.8) is 0 Å². The highest BCUT2D eigenvalue weighted by molar-refractivity contribution is 4.77. The maximum absolute atomic E-state index is 2.74. The third-order valence-corrected chi connectivity index (χ3v) is 4.82. The Labute approximate surface area is 102 Å². The third kappa shape index (κ3) is 3.48. The van der Waals surface area contributed by atoms with Gasteiger partial charge in [0.25, 0.3) is 0 Å². The summed E-state index contributed by atoms with van der Waals surface area (Å²) in [4.78, 5) is 2.74. The fourth-order valence-electron chi connectivity index (χ4n) is 3.54. The number of hydrogen-bond acceptors (Lipinski definition) is 1. The highest BCUT2D eigenvalue weighted by Crippen LogP contribution is 2.28. The fourth-order valence-corrected chi connectivity index (χ4v) is 3.54. The van der Waals surface area contributed by atoms with Gasteiger partial charge in [-0.3, -0.25) is 0 Å². The molecular formula is C15H29N. The summed E-state index contributed by atoms with van der Waals surface area (Å²) in [6.07, 6.45) is 10.4. The van der Waals surface area contributed by atoms with Crippen LogP contribution in [0.5, 0.6) is 0 Å². The van der Waals surface area contributed by atoms with Crippen molar-refractivity contribution in [3.8, 4) is 0 Å². The van der Waals surface area contributed by atoms with E-state index in [1.54, 1.807) is 0 Å². The summed E-state index contributed by atoms with van der Waals surface area (Å²) >= 11 is 0. The van der Waals surface area contributed by atoms with Crippen LogP contribution in [0, 0.1) is 17.8 Å². The maximum Gasteiger partial charge on any atom is 0.000966 e. The molecular weight excluding hydrogens is 194 g/mol. The Morgan fingerprint density at radius 3 is 2.12 bits per heavy atom. The van der Waals surface area contributed by atoms with Crippen LogP contribution in [-0.2, 0) is 0 Å². The van der Waals surface area contributed by atoms with E-state index in [4.69, 9.17) is 0 Å². The summed E-state index contributed by atoms with van der Waals surface area (Å²) < 4.78 is 0. The zero-order valence-corrected chi connectivity index (χ0v) is 11.3. The van der Waals surface area contributed by atoms with Crippen molar-refractivity contribution in [1.29, 1.82) is 0 Å². The van der Waals surface area contributed by atoms with Crippen molar-refractivity contribution in [2.24, 2.45) is 17.8 Å². The number of piperidine rings is 1. The highest BCUT2D eigenvalue weighted by Gasteiger charge is 2.23. The predicted octanol–water partition coefficient (Wildman–Crippen LogP) is 3.93. The average Bonchev–Trinajstić information content (AvgIpc) is 2.31. The molecule has 94 valence electrons. The van der Waals surface area contributed by atoms with Crippen LogP contribution in [0.25, 0.3) is 0 Å². The minimum atomic E-state index is 0.900. The normalized spacial score (nSPS) is 26.4. The first-order chi connectivity index (χ1) is 7.75. The molecule has 1 aliphatic carbocycles. The molecule has 1 heterocycles. The Morgan fingerprint density at radius 2 is 1.56 bits per heavy atom. The molecule has 1 aliphatic heterocycles. The van der Waals surface area contributed by atoms with E-state index in [-0.39, 0.29) is 0 Å². The molecule has 0 spiro atoms. The lowest BCUT2D eigenvalue weighted by Crippen LogP contribution is -2.38. The van der Waals surface area contributed by atoms with Crippen molar-refractivity contribution in [3.05, 3.63) is 0 Å². The van der Waals surface area contributed by atoms with Gasteiger partial charge in [0.05, 0.1) is 0 Å². The Hall–Kier alpha value is -0.0400. The molecule has 1 heteroatoms. The molecule has 0 aromatic heterocycles. The monoisotopic (exact) mass is 223 g/mol. The van der Waals surface area contributed by atoms with E-state index in [9.17, 15) is 0 Å². The van der Waals surface area contributed by atoms with E-state index in [2.05, 4.69) is 18.7 Å². The second kappa shape index (κ2) is 6.05. The van der Waals surface area contributed by atoms with Crippen molar-refractivity contribution in [2.45, 2.75) is 58.8 Å². The summed E-state index contributed by atoms with van der Waals surface area (Å²) in [6.45, 7) is 8.94. The van der Waals surface area contributed by atoms with Crippen LogP contribution in [0.4, 0.5) is 0 Å². The molecule has 0 N–H and O–H groups in total. The van der Waals surface area contributed by atoms with Gasteiger partial charge in [0.2, 0.25) is 0 Å². The van der Waals surface area contributed by atoms with Crippen LogP contribution >= 0.6 is 0 Å². The summed E-state index contributed by atoms with van der Waals surface area (Å²) in [7, 11) is 0. The fraction of sp³-hybridized carbons (Fsp3) is 1.00. The minimum absolute atomic E-state index is 0.900. The van der Waals surface area contributed by atoms with Crippen molar-refractivity contribution in [1.82, 2.24) is 4.90 Å². The van der Waals surface area contributed by atoms with E-state index >= 15 is 0 Å². The van der Waals surface area contributed by atoms with Gasteiger partial charge in [0.1, 0.15) is 0 Å². The van der Waals surface area contributed by atoms with E-state index in [0.29, 0.717) is 0 Å². The number of hydrogen-bond donors (Lipinski definition) is 0. The molecule has 2 fully saturated rings. The molecule has 2 rings (SSSR count). The molecule has 2 aliphatic rings. The van der Waals surface area contributed by atoms with Gasteiger partial charge in [-0.25, -0.2) is 0 Å². The molecule has 1 saturated heterocycles. The zero-order valence-electron chi connectivity index (χ0n) is 11.3. The topological polar surface area (TPSA) is 3.24 Å². The second-order valence-corrected chi connectivity index (χ2v) is 6.39. The van der Waals surface area contributed by atoms with Gasteiger partial charge < -0.3 is 4.90 Å². The first kappa shape index (κ1) is 12.4. The Balaban J connectivity index is 1.68. The summed E-state index contributed by atoms with van der Waals surface area (Å²) in [6, 6.07) is 0. The zero-order chi connectivity index (χ0) is 11.4. The molecule has 1 saturated carbocycles. The van der Waals surface area contributed by atoms with Gasteiger partial charge >= 0.3 is 0 Å². The Kier molecular flexibility index (Phi) is 4.69. The number of rotatable bonds is 3. The predicted molar refractivity (Wildman–Crippen MR) is 70.6 cm³/mol. The SMILES string of the molecule is CC(C)C1CCN(CC2CCCCC2)CC1. The molecule has 0 atom stereocenters. The standard InChI is InChI=1S/C15H29N/c1-13(2)15-8-10-16(11-9-15)12-14-6-4-3-5-7-14/h13-15H,3-12H2,1-2H3. The number of likely N-dealkylation sites (tertiary alicyclic amines) is 1. The molecule has 0 aromatic carbocycles. The lowest BCUT2D eigenvalue weighted by molar-refractivity contribution is 0.128. The third-order valence-electron chi connectivity index (χ3n) is 4.82. The summed E-state index contributed by atoms with van der Waals surface area (Å²) in [5.74, 6) is 2.93. The van der Waals surface area contributed by atoms with Gasteiger partial charge in [0.15, 0.2) is 0 Å². The Morgan fingerprint density at radius 1 is 0.938 bits per heavy atom. The molecule has 0 aromatic rings. The van der Waals surface area contributed by atoms with Crippen molar-refractivity contribution >= 4 is 0 Å².